The number of amides is 1. The Balaban J connectivity index is 2.25. The Hall–Kier alpha value is -0.650. The smallest absolute Gasteiger partial charge is 0.225 e. The molecule has 5 nitrogen and oxygen atoms in total. The van der Waals surface area contributed by atoms with Gasteiger partial charge in [-0.05, 0) is 12.8 Å². The van der Waals surface area contributed by atoms with Crippen LogP contribution in [0.1, 0.15) is 26.7 Å². The van der Waals surface area contributed by atoms with Gasteiger partial charge < -0.3 is 19.7 Å². The molecule has 0 aromatic carbocycles. The van der Waals surface area contributed by atoms with Crippen molar-refractivity contribution in [3.63, 3.8) is 0 Å². The summed E-state index contributed by atoms with van der Waals surface area (Å²) in [5.74, 6) is 0.362. The Morgan fingerprint density at radius 3 is 2.28 bits per heavy atom. The second kappa shape index (κ2) is 7.71. The highest BCUT2D eigenvalue weighted by Gasteiger charge is 2.24. The highest BCUT2D eigenvalue weighted by Crippen LogP contribution is 2.13. The van der Waals surface area contributed by atoms with E-state index in [0.29, 0.717) is 12.6 Å². The topological polar surface area (TPSA) is 50.8 Å². The minimum Gasteiger partial charge on any atom is -0.355 e. The van der Waals surface area contributed by atoms with Crippen LogP contribution in [0.4, 0.5) is 0 Å². The van der Waals surface area contributed by atoms with E-state index in [2.05, 4.69) is 5.32 Å². The average molecular weight is 258 g/mol. The summed E-state index contributed by atoms with van der Waals surface area (Å²) in [6.07, 6.45) is 1.80. The second-order valence-electron chi connectivity index (χ2n) is 5.06. The maximum Gasteiger partial charge on any atom is 0.225 e. The molecule has 106 valence electrons. The van der Waals surface area contributed by atoms with Crippen molar-refractivity contribution in [1.29, 1.82) is 0 Å². The van der Waals surface area contributed by atoms with Gasteiger partial charge in [0, 0.05) is 45.8 Å². The molecule has 0 radical (unpaired) electrons. The van der Waals surface area contributed by atoms with E-state index in [-0.39, 0.29) is 18.1 Å². The summed E-state index contributed by atoms with van der Waals surface area (Å²) in [6, 6.07) is 0.453. The zero-order valence-electron chi connectivity index (χ0n) is 11.9. The molecule has 0 spiro atoms. The number of nitrogens with one attached hydrogen (secondary N) is 1. The van der Waals surface area contributed by atoms with Gasteiger partial charge >= 0.3 is 0 Å². The lowest BCUT2D eigenvalue weighted by Gasteiger charge is -2.34. The van der Waals surface area contributed by atoms with E-state index in [1.54, 1.807) is 14.2 Å². The van der Waals surface area contributed by atoms with Crippen LogP contribution < -0.4 is 5.32 Å². The molecule has 1 amide bonds. The van der Waals surface area contributed by atoms with E-state index in [0.717, 1.165) is 25.9 Å². The van der Waals surface area contributed by atoms with Gasteiger partial charge in [0.15, 0.2) is 6.29 Å². The molecule has 18 heavy (non-hydrogen) atoms. The normalized spacial score (nSPS) is 17.8. The molecule has 1 saturated heterocycles. The first-order chi connectivity index (χ1) is 8.58. The van der Waals surface area contributed by atoms with Gasteiger partial charge in [-0.25, -0.2) is 0 Å². The summed E-state index contributed by atoms with van der Waals surface area (Å²) >= 11 is 0. The lowest BCUT2D eigenvalue weighted by molar-refractivity contribution is -0.135. The molecule has 0 aromatic heterocycles. The lowest BCUT2D eigenvalue weighted by Crippen LogP contribution is -2.47. The predicted molar refractivity (Wildman–Crippen MR) is 70.2 cm³/mol. The Morgan fingerprint density at radius 2 is 1.83 bits per heavy atom. The first-order valence-electron chi connectivity index (χ1n) is 6.66. The fourth-order valence-electron chi connectivity index (χ4n) is 2.19. The van der Waals surface area contributed by atoms with E-state index in [9.17, 15) is 4.79 Å². The maximum atomic E-state index is 11.8. The number of ether oxygens (including phenoxy) is 2. The number of carbonyl (C=O) groups is 1. The first-order valence-corrected chi connectivity index (χ1v) is 6.66. The summed E-state index contributed by atoms with van der Waals surface area (Å²) in [5, 5.41) is 3.42. The third-order valence-electron chi connectivity index (χ3n) is 3.40. The van der Waals surface area contributed by atoms with Crippen LogP contribution in [0.5, 0.6) is 0 Å². The van der Waals surface area contributed by atoms with Gasteiger partial charge in [-0.15, -0.1) is 0 Å². The molecular weight excluding hydrogens is 232 g/mol. The number of methoxy groups -OCH3 is 2. The van der Waals surface area contributed by atoms with Gasteiger partial charge in [0.05, 0.1) is 0 Å². The number of nitrogens with zero attached hydrogens (tertiary/aromatic N) is 1. The van der Waals surface area contributed by atoms with Gasteiger partial charge in [-0.1, -0.05) is 13.8 Å². The molecule has 0 aliphatic carbocycles. The van der Waals surface area contributed by atoms with Crippen LogP contribution in [0, 0.1) is 5.92 Å². The van der Waals surface area contributed by atoms with Crippen molar-refractivity contribution in [1.82, 2.24) is 10.2 Å². The predicted octanol–water partition coefficient (Wildman–Crippen LogP) is 0.842. The van der Waals surface area contributed by atoms with Crippen molar-refractivity contribution in [2.45, 2.75) is 39.0 Å². The summed E-state index contributed by atoms with van der Waals surface area (Å²) in [5.41, 5.74) is 0. The minimum atomic E-state index is -0.194. The Bertz CT molecular complexity index is 247. The zero-order valence-corrected chi connectivity index (χ0v) is 11.9. The molecule has 0 bridgehead atoms. The van der Waals surface area contributed by atoms with Crippen LogP contribution in [0.2, 0.25) is 0 Å². The number of likely N-dealkylation sites (tertiary alicyclic amines) is 1. The lowest BCUT2D eigenvalue weighted by atomic mass is 10.0. The minimum absolute atomic E-state index is 0.0980. The van der Waals surface area contributed by atoms with Gasteiger partial charge in [-0.3, -0.25) is 4.79 Å². The first kappa shape index (κ1) is 15.4. The van der Waals surface area contributed by atoms with Crippen molar-refractivity contribution < 1.29 is 14.3 Å². The van der Waals surface area contributed by atoms with Crippen molar-refractivity contribution in [3.05, 3.63) is 0 Å². The summed E-state index contributed by atoms with van der Waals surface area (Å²) in [6.45, 7) is 6.29. The van der Waals surface area contributed by atoms with Crippen LogP contribution in [-0.2, 0) is 14.3 Å². The Labute approximate surface area is 110 Å². The van der Waals surface area contributed by atoms with Crippen LogP contribution in [0.3, 0.4) is 0 Å². The molecular formula is C13H26N2O3. The third kappa shape index (κ3) is 4.55. The van der Waals surface area contributed by atoms with Crippen molar-refractivity contribution in [2.75, 3.05) is 33.9 Å². The van der Waals surface area contributed by atoms with Crippen LogP contribution in [0.25, 0.3) is 0 Å². The average Bonchev–Trinajstić information content (AvgIpc) is 2.39. The molecule has 1 aliphatic heterocycles. The summed E-state index contributed by atoms with van der Waals surface area (Å²) in [7, 11) is 3.28. The monoisotopic (exact) mass is 258 g/mol. The highest BCUT2D eigenvalue weighted by molar-refractivity contribution is 5.78. The molecule has 1 aliphatic rings. The van der Waals surface area contributed by atoms with Crippen molar-refractivity contribution >= 4 is 5.91 Å². The fraction of sp³-hybridized carbons (Fsp3) is 0.923. The van der Waals surface area contributed by atoms with E-state index in [1.807, 2.05) is 18.7 Å². The number of piperidine rings is 1. The fourth-order valence-corrected chi connectivity index (χ4v) is 2.19. The van der Waals surface area contributed by atoms with E-state index >= 15 is 0 Å². The largest absolute Gasteiger partial charge is 0.355 e. The molecule has 0 unspecified atom stereocenters. The van der Waals surface area contributed by atoms with E-state index < -0.39 is 0 Å². The Morgan fingerprint density at radius 1 is 1.28 bits per heavy atom. The number of hydrogen-bond donors (Lipinski definition) is 1. The number of rotatable bonds is 6. The number of hydrogen-bond acceptors (Lipinski definition) is 4. The number of carbonyl (C=O) groups excluding carboxylic acids is 1. The van der Waals surface area contributed by atoms with Crippen molar-refractivity contribution in [2.24, 2.45) is 5.92 Å². The van der Waals surface area contributed by atoms with Gasteiger partial charge in [0.25, 0.3) is 0 Å². The van der Waals surface area contributed by atoms with Gasteiger partial charge in [-0.2, -0.15) is 0 Å². The SMILES string of the molecule is COC(CNC1CCN(C(=O)C(C)C)CC1)OC. The molecule has 0 saturated carbocycles. The maximum absolute atomic E-state index is 11.8. The molecule has 0 aromatic rings. The highest BCUT2D eigenvalue weighted by atomic mass is 16.7. The van der Waals surface area contributed by atoms with E-state index in [4.69, 9.17) is 9.47 Å². The molecule has 1 rings (SSSR count). The molecule has 5 heteroatoms. The quantitative estimate of drug-likeness (QED) is 0.717. The summed E-state index contributed by atoms with van der Waals surface area (Å²) in [4.78, 5) is 13.8. The molecule has 1 N–H and O–H groups in total. The van der Waals surface area contributed by atoms with Gasteiger partial charge in [0.2, 0.25) is 5.91 Å². The van der Waals surface area contributed by atoms with Crippen LogP contribution in [0.15, 0.2) is 0 Å². The second-order valence-corrected chi connectivity index (χ2v) is 5.06. The summed E-state index contributed by atoms with van der Waals surface area (Å²) < 4.78 is 10.3. The van der Waals surface area contributed by atoms with Gasteiger partial charge in [0.1, 0.15) is 0 Å². The third-order valence-corrected chi connectivity index (χ3v) is 3.40. The molecule has 0 atom stereocenters. The van der Waals surface area contributed by atoms with Crippen LogP contribution in [-0.4, -0.2) is 57.0 Å². The zero-order chi connectivity index (χ0) is 13.5. The van der Waals surface area contributed by atoms with E-state index in [1.165, 1.54) is 0 Å². The molecule has 1 heterocycles. The Kier molecular flexibility index (Phi) is 6.60. The van der Waals surface area contributed by atoms with Crippen LogP contribution >= 0.6 is 0 Å². The molecule has 1 fully saturated rings. The van der Waals surface area contributed by atoms with Crippen molar-refractivity contribution in [3.8, 4) is 0 Å². The standard InChI is InChI=1S/C13H26N2O3/c1-10(2)13(16)15-7-5-11(6-8-15)14-9-12(17-3)18-4/h10-12,14H,5-9H2,1-4H3.